The van der Waals surface area contributed by atoms with Crippen molar-refractivity contribution in [1.29, 1.82) is 0 Å². The third-order valence-electron chi connectivity index (χ3n) is 2.06. The average molecular weight is 235 g/mol. The van der Waals surface area contributed by atoms with Crippen LogP contribution in [0, 0.1) is 5.92 Å². The molecule has 90 valence electrons. The van der Waals surface area contributed by atoms with E-state index >= 15 is 0 Å². The molecule has 0 amide bonds. The number of nitrogens with zero attached hydrogens (tertiary/aromatic N) is 3. The van der Waals surface area contributed by atoms with E-state index < -0.39 is 17.6 Å². The molecule has 0 bridgehead atoms. The van der Waals surface area contributed by atoms with Crippen molar-refractivity contribution in [2.75, 3.05) is 0 Å². The molecule has 1 aromatic rings. The molecule has 1 aromatic heterocycles. The number of alkyl halides is 3. The lowest BCUT2D eigenvalue weighted by atomic mass is 10.1. The number of hydrogen-bond acceptors (Lipinski definition) is 3. The van der Waals surface area contributed by atoms with E-state index in [4.69, 9.17) is 0 Å². The molecule has 16 heavy (non-hydrogen) atoms. The van der Waals surface area contributed by atoms with Gasteiger partial charge in [-0.2, -0.15) is 13.2 Å². The summed E-state index contributed by atoms with van der Waals surface area (Å²) in [6.07, 6.45) is -3.98. The second-order valence-corrected chi connectivity index (χ2v) is 3.84. The van der Waals surface area contributed by atoms with E-state index in [-0.39, 0.29) is 18.7 Å². The Bertz CT molecular complexity index is 371. The summed E-state index contributed by atoms with van der Waals surface area (Å²) >= 11 is 0. The minimum atomic E-state index is -4.60. The fourth-order valence-corrected chi connectivity index (χ4v) is 1.23. The van der Waals surface area contributed by atoms with Gasteiger partial charge >= 0.3 is 6.18 Å². The molecule has 0 aliphatic heterocycles. The molecule has 0 atom stereocenters. The minimum Gasteiger partial charge on any atom is -0.296 e. The van der Waals surface area contributed by atoms with E-state index in [2.05, 4.69) is 10.3 Å². The summed E-state index contributed by atoms with van der Waals surface area (Å²) in [5, 5.41) is 6.54. The van der Waals surface area contributed by atoms with Gasteiger partial charge in [-0.1, -0.05) is 19.1 Å². The van der Waals surface area contributed by atoms with Crippen molar-refractivity contribution in [3.8, 4) is 0 Å². The first-order chi connectivity index (χ1) is 7.36. The normalized spacial score (nSPS) is 12.1. The van der Waals surface area contributed by atoms with Crippen LogP contribution in [0.25, 0.3) is 0 Å². The highest BCUT2D eigenvalue weighted by molar-refractivity contribution is 5.73. The van der Waals surface area contributed by atoms with Gasteiger partial charge in [0, 0.05) is 6.54 Å². The quantitative estimate of drug-likeness (QED) is 0.751. The van der Waals surface area contributed by atoms with Crippen molar-refractivity contribution in [1.82, 2.24) is 15.0 Å². The number of carbonyl (C=O) groups is 1. The van der Waals surface area contributed by atoms with Crippen LogP contribution in [0.2, 0.25) is 0 Å². The molecule has 0 saturated carbocycles. The van der Waals surface area contributed by atoms with Crippen LogP contribution in [0.5, 0.6) is 0 Å². The van der Waals surface area contributed by atoms with Crippen molar-refractivity contribution in [2.45, 2.75) is 33.0 Å². The van der Waals surface area contributed by atoms with Crippen LogP contribution >= 0.6 is 0 Å². The van der Waals surface area contributed by atoms with Gasteiger partial charge < -0.3 is 0 Å². The third-order valence-corrected chi connectivity index (χ3v) is 2.06. The second kappa shape index (κ2) is 4.63. The van der Waals surface area contributed by atoms with E-state index in [1.165, 1.54) is 0 Å². The molecule has 1 heterocycles. The Morgan fingerprint density at radius 2 is 2.06 bits per heavy atom. The van der Waals surface area contributed by atoms with Crippen molar-refractivity contribution in [3.63, 3.8) is 0 Å². The van der Waals surface area contributed by atoms with E-state index in [0.29, 0.717) is 6.42 Å². The minimum absolute atomic E-state index is 0.0711. The molecular weight excluding hydrogens is 223 g/mol. The van der Waals surface area contributed by atoms with E-state index in [9.17, 15) is 18.0 Å². The molecule has 0 aromatic carbocycles. The van der Waals surface area contributed by atoms with E-state index in [1.807, 2.05) is 13.8 Å². The zero-order valence-electron chi connectivity index (χ0n) is 8.95. The predicted molar refractivity (Wildman–Crippen MR) is 49.9 cm³/mol. The molecule has 1 rings (SSSR count). The lowest BCUT2D eigenvalue weighted by Gasteiger charge is -2.10. The van der Waals surface area contributed by atoms with Gasteiger partial charge in [-0.15, -0.1) is 5.10 Å². The summed E-state index contributed by atoms with van der Waals surface area (Å²) in [5.74, 6) is 0.255. The Morgan fingerprint density at radius 1 is 1.44 bits per heavy atom. The van der Waals surface area contributed by atoms with Crippen molar-refractivity contribution >= 4 is 6.29 Å². The van der Waals surface area contributed by atoms with Gasteiger partial charge in [-0.3, -0.25) is 4.79 Å². The van der Waals surface area contributed by atoms with Gasteiger partial charge in [0.2, 0.25) is 0 Å². The number of halogens is 3. The summed E-state index contributed by atoms with van der Waals surface area (Å²) in [5.41, 5.74) is -1.72. The smallest absolute Gasteiger partial charge is 0.296 e. The number of hydrogen-bond donors (Lipinski definition) is 0. The maximum Gasteiger partial charge on any atom is 0.435 e. The molecule has 0 aliphatic rings. The Kier molecular flexibility index (Phi) is 3.66. The molecule has 0 unspecified atom stereocenters. The van der Waals surface area contributed by atoms with Gasteiger partial charge in [0.15, 0.2) is 17.7 Å². The number of carbonyl (C=O) groups excluding carboxylic acids is 1. The number of aryl methyl sites for hydroxylation is 1. The average Bonchev–Trinajstić information content (AvgIpc) is 2.56. The van der Waals surface area contributed by atoms with Crippen LogP contribution in [0.3, 0.4) is 0 Å². The number of aldehydes is 1. The molecule has 0 saturated heterocycles. The monoisotopic (exact) mass is 235 g/mol. The zero-order chi connectivity index (χ0) is 12.3. The van der Waals surface area contributed by atoms with Crippen LogP contribution < -0.4 is 0 Å². The SMILES string of the molecule is CC(C)CCn1nnc(C=O)c1C(F)(F)F. The first kappa shape index (κ1) is 12.7. The molecular formula is C9H12F3N3O. The van der Waals surface area contributed by atoms with Crippen molar-refractivity contribution < 1.29 is 18.0 Å². The van der Waals surface area contributed by atoms with Crippen molar-refractivity contribution in [3.05, 3.63) is 11.4 Å². The fourth-order valence-electron chi connectivity index (χ4n) is 1.23. The molecule has 0 radical (unpaired) electrons. The molecule has 0 fully saturated rings. The highest BCUT2D eigenvalue weighted by Gasteiger charge is 2.39. The highest BCUT2D eigenvalue weighted by Crippen LogP contribution is 2.30. The lowest BCUT2D eigenvalue weighted by Crippen LogP contribution is -2.17. The maximum atomic E-state index is 12.6. The topological polar surface area (TPSA) is 47.8 Å². The van der Waals surface area contributed by atoms with Gasteiger partial charge in [-0.05, 0) is 12.3 Å². The Labute approximate surface area is 90.4 Å². The Morgan fingerprint density at radius 3 is 2.50 bits per heavy atom. The maximum absolute atomic E-state index is 12.6. The predicted octanol–water partition coefficient (Wildman–Crippen LogP) is 2.16. The summed E-state index contributed by atoms with van der Waals surface area (Å²) in [4.78, 5) is 10.4. The molecule has 0 N–H and O–H groups in total. The Hall–Kier alpha value is -1.40. The summed E-state index contributed by atoms with van der Waals surface area (Å²) < 4.78 is 38.5. The fraction of sp³-hybridized carbons (Fsp3) is 0.667. The van der Waals surface area contributed by atoms with E-state index in [0.717, 1.165) is 4.68 Å². The highest BCUT2D eigenvalue weighted by atomic mass is 19.4. The number of aromatic nitrogens is 3. The van der Waals surface area contributed by atoms with Crippen LogP contribution in [0.4, 0.5) is 13.2 Å². The van der Waals surface area contributed by atoms with Gasteiger partial charge in [-0.25, -0.2) is 4.68 Å². The standard InChI is InChI=1S/C9H12F3N3O/c1-6(2)3-4-15-8(9(10,11)12)7(5-16)13-14-15/h5-6H,3-4H2,1-2H3. The molecule has 0 spiro atoms. The largest absolute Gasteiger partial charge is 0.435 e. The van der Waals surface area contributed by atoms with Crippen LogP contribution in [0.15, 0.2) is 0 Å². The van der Waals surface area contributed by atoms with Gasteiger partial charge in [0.05, 0.1) is 0 Å². The summed E-state index contributed by atoms with van der Waals surface area (Å²) in [6, 6.07) is 0. The molecule has 4 nitrogen and oxygen atoms in total. The van der Waals surface area contributed by atoms with Crippen LogP contribution in [0.1, 0.15) is 36.5 Å². The van der Waals surface area contributed by atoms with Gasteiger partial charge in [0.1, 0.15) is 0 Å². The number of rotatable bonds is 4. The molecule has 7 heteroatoms. The van der Waals surface area contributed by atoms with Crippen LogP contribution in [-0.2, 0) is 12.7 Å². The second-order valence-electron chi connectivity index (χ2n) is 3.84. The van der Waals surface area contributed by atoms with Crippen molar-refractivity contribution in [2.24, 2.45) is 5.92 Å². The van der Waals surface area contributed by atoms with Gasteiger partial charge in [0.25, 0.3) is 0 Å². The lowest BCUT2D eigenvalue weighted by molar-refractivity contribution is -0.144. The Balaban J connectivity index is 3.01. The zero-order valence-corrected chi connectivity index (χ0v) is 8.95. The van der Waals surface area contributed by atoms with E-state index in [1.54, 1.807) is 0 Å². The van der Waals surface area contributed by atoms with Crippen LogP contribution in [-0.4, -0.2) is 21.3 Å². The first-order valence-corrected chi connectivity index (χ1v) is 4.82. The first-order valence-electron chi connectivity index (χ1n) is 4.82. The summed E-state index contributed by atoms with van der Waals surface area (Å²) in [7, 11) is 0. The third kappa shape index (κ3) is 2.80. The summed E-state index contributed by atoms with van der Waals surface area (Å²) in [6.45, 7) is 3.89. The molecule has 0 aliphatic carbocycles.